The van der Waals surface area contributed by atoms with Gasteiger partial charge in [0.25, 0.3) is 0 Å². The lowest BCUT2D eigenvalue weighted by Gasteiger charge is -2.26. The highest BCUT2D eigenvalue weighted by atomic mass is 16.2. The maximum atomic E-state index is 12.4. The maximum Gasteiger partial charge on any atom is 0.225 e. The number of amides is 1. The molecule has 7 heteroatoms. The fourth-order valence-electron chi connectivity index (χ4n) is 3.61. The Bertz CT molecular complexity index is 825. The number of nitrogens with zero attached hydrogens (tertiary/aromatic N) is 5. The Morgan fingerprint density at radius 3 is 2.60 bits per heavy atom. The zero-order chi connectivity index (χ0) is 17.7. The normalized spacial score (nSPS) is 23.4. The maximum absolute atomic E-state index is 12.4. The second-order valence-electron chi connectivity index (χ2n) is 7.24. The molecule has 25 heavy (non-hydrogen) atoms. The molecule has 0 unspecified atom stereocenters. The van der Waals surface area contributed by atoms with Crippen LogP contribution in [0.15, 0.2) is 12.3 Å². The van der Waals surface area contributed by atoms with E-state index in [1.165, 1.54) is 12.8 Å². The van der Waals surface area contributed by atoms with E-state index in [9.17, 15) is 4.79 Å². The van der Waals surface area contributed by atoms with Crippen molar-refractivity contribution in [3.63, 3.8) is 0 Å². The number of carbonyl (C=O) groups excluding carboxylic acids is 1. The summed E-state index contributed by atoms with van der Waals surface area (Å²) in [4.78, 5) is 23.4. The smallest absolute Gasteiger partial charge is 0.225 e. The zero-order valence-corrected chi connectivity index (χ0v) is 15.2. The van der Waals surface area contributed by atoms with Crippen molar-refractivity contribution in [1.29, 1.82) is 0 Å². The summed E-state index contributed by atoms with van der Waals surface area (Å²) in [6, 6.07) is 1.89. The molecule has 1 aliphatic carbocycles. The first-order valence-corrected chi connectivity index (χ1v) is 8.80. The third-order valence-corrected chi connectivity index (χ3v) is 5.33. The first kappa shape index (κ1) is 16.1. The zero-order valence-electron chi connectivity index (χ0n) is 15.2. The highest BCUT2D eigenvalue weighted by molar-refractivity contribution is 5.81. The van der Waals surface area contributed by atoms with Crippen LogP contribution in [-0.4, -0.2) is 43.6 Å². The standard InChI is InChI=1S/C18H24N6O/c1-10-7-15(22-18(20-10)12-5-6-12)21-14-8-16(25)23(3)17(14)13-9-19-24(4)11(13)2/h7,9,12,14,17H,5-6,8H2,1-4H3,(H,20,21,22)/t14-,17+/m1/s1. The average molecular weight is 340 g/mol. The van der Waals surface area contributed by atoms with Crippen LogP contribution in [0, 0.1) is 13.8 Å². The van der Waals surface area contributed by atoms with Crippen molar-refractivity contribution >= 4 is 11.7 Å². The molecule has 2 atom stereocenters. The average Bonchev–Trinajstić information content (AvgIpc) is 3.31. The molecule has 3 heterocycles. The molecule has 0 radical (unpaired) electrons. The molecule has 0 aromatic carbocycles. The Balaban J connectivity index is 1.64. The Morgan fingerprint density at radius 1 is 1.20 bits per heavy atom. The fourth-order valence-corrected chi connectivity index (χ4v) is 3.61. The molecule has 2 fully saturated rings. The van der Waals surface area contributed by atoms with Crippen molar-refractivity contribution in [2.75, 3.05) is 12.4 Å². The second-order valence-corrected chi connectivity index (χ2v) is 7.24. The van der Waals surface area contributed by atoms with Gasteiger partial charge in [0.2, 0.25) is 5.91 Å². The number of aryl methyl sites for hydroxylation is 2. The minimum atomic E-state index is -0.0409. The summed E-state index contributed by atoms with van der Waals surface area (Å²) in [5.74, 6) is 2.38. The summed E-state index contributed by atoms with van der Waals surface area (Å²) in [7, 11) is 3.79. The van der Waals surface area contributed by atoms with E-state index < -0.39 is 0 Å². The summed E-state index contributed by atoms with van der Waals surface area (Å²) < 4.78 is 1.85. The molecule has 1 N–H and O–H groups in total. The van der Waals surface area contributed by atoms with Gasteiger partial charge in [0, 0.05) is 49.5 Å². The van der Waals surface area contributed by atoms with Crippen molar-refractivity contribution in [3.05, 3.63) is 35.0 Å². The summed E-state index contributed by atoms with van der Waals surface area (Å²) in [6.45, 7) is 4.03. The topological polar surface area (TPSA) is 75.9 Å². The van der Waals surface area contributed by atoms with E-state index >= 15 is 0 Å². The van der Waals surface area contributed by atoms with Crippen molar-refractivity contribution in [1.82, 2.24) is 24.6 Å². The third-order valence-electron chi connectivity index (χ3n) is 5.33. The molecule has 2 aromatic rings. The third kappa shape index (κ3) is 2.88. The predicted octanol–water partition coefficient (Wildman–Crippen LogP) is 2.09. The number of anilines is 1. The number of likely N-dealkylation sites (N-methyl/N-ethyl adjacent to an activating group) is 1. The molecular formula is C18H24N6O. The minimum absolute atomic E-state index is 0.0262. The quantitative estimate of drug-likeness (QED) is 0.922. The van der Waals surface area contributed by atoms with Gasteiger partial charge in [-0.1, -0.05) is 0 Å². The van der Waals surface area contributed by atoms with Gasteiger partial charge in [-0.25, -0.2) is 9.97 Å². The lowest BCUT2D eigenvalue weighted by Crippen LogP contribution is -2.30. The predicted molar refractivity (Wildman–Crippen MR) is 94.2 cm³/mol. The number of hydrogen-bond donors (Lipinski definition) is 1. The van der Waals surface area contributed by atoms with Gasteiger partial charge in [-0.05, 0) is 26.7 Å². The first-order valence-electron chi connectivity index (χ1n) is 8.80. The summed E-state index contributed by atoms with van der Waals surface area (Å²) >= 11 is 0. The van der Waals surface area contributed by atoms with Crippen LogP contribution in [0.5, 0.6) is 0 Å². The molecular weight excluding hydrogens is 316 g/mol. The molecule has 7 nitrogen and oxygen atoms in total. The highest BCUT2D eigenvalue weighted by Gasteiger charge is 2.40. The lowest BCUT2D eigenvalue weighted by atomic mass is 10.0. The van der Waals surface area contributed by atoms with Crippen LogP contribution < -0.4 is 5.32 Å². The van der Waals surface area contributed by atoms with Gasteiger partial charge in [0.15, 0.2) is 0 Å². The van der Waals surface area contributed by atoms with E-state index in [2.05, 4.69) is 15.4 Å². The van der Waals surface area contributed by atoms with Crippen LogP contribution in [0.2, 0.25) is 0 Å². The van der Waals surface area contributed by atoms with Gasteiger partial charge < -0.3 is 10.2 Å². The van der Waals surface area contributed by atoms with Crippen LogP contribution in [0.3, 0.4) is 0 Å². The van der Waals surface area contributed by atoms with E-state index in [4.69, 9.17) is 4.98 Å². The first-order chi connectivity index (χ1) is 11.9. The Morgan fingerprint density at radius 2 is 1.96 bits per heavy atom. The van der Waals surface area contributed by atoms with Gasteiger partial charge in [-0.2, -0.15) is 5.10 Å². The molecule has 132 valence electrons. The van der Waals surface area contributed by atoms with Crippen LogP contribution >= 0.6 is 0 Å². The fraction of sp³-hybridized carbons (Fsp3) is 0.556. The molecule has 0 spiro atoms. The van der Waals surface area contributed by atoms with Crippen molar-refractivity contribution in [2.45, 2.75) is 51.1 Å². The molecule has 1 aliphatic heterocycles. The molecule has 0 bridgehead atoms. The summed E-state index contributed by atoms with van der Waals surface area (Å²) in [6.07, 6.45) is 4.66. The van der Waals surface area contributed by atoms with Crippen molar-refractivity contribution in [3.8, 4) is 0 Å². The SMILES string of the molecule is Cc1cc(N[C@@H]2CC(=O)N(C)[C@H]2c2cnn(C)c2C)nc(C2CC2)n1. The number of aromatic nitrogens is 4. The molecule has 2 aliphatic rings. The molecule has 2 aromatic heterocycles. The van der Waals surface area contributed by atoms with Crippen molar-refractivity contribution < 1.29 is 4.79 Å². The largest absolute Gasteiger partial charge is 0.364 e. The number of nitrogens with one attached hydrogen (secondary N) is 1. The number of likely N-dealkylation sites (tertiary alicyclic amines) is 1. The van der Waals surface area contributed by atoms with E-state index in [1.54, 1.807) is 0 Å². The Labute approximate surface area is 147 Å². The van der Waals surface area contributed by atoms with Crippen molar-refractivity contribution in [2.24, 2.45) is 7.05 Å². The number of carbonyl (C=O) groups is 1. The summed E-state index contributed by atoms with van der Waals surface area (Å²) in [5, 5.41) is 7.85. The molecule has 1 saturated carbocycles. The Hall–Kier alpha value is -2.44. The van der Waals surface area contributed by atoms with Crippen LogP contribution in [-0.2, 0) is 11.8 Å². The van der Waals surface area contributed by atoms with Crippen LogP contribution in [0.4, 0.5) is 5.82 Å². The van der Waals surface area contributed by atoms with Gasteiger partial charge in [0.05, 0.1) is 18.3 Å². The van der Waals surface area contributed by atoms with E-state index in [0.29, 0.717) is 12.3 Å². The minimum Gasteiger partial charge on any atom is -0.364 e. The molecule has 1 saturated heterocycles. The second kappa shape index (κ2) is 5.82. The number of hydrogen-bond acceptors (Lipinski definition) is 5. The van der Waals surface area contributed by atoms with Gasteiger partial charge in [-0.3, -0.25) is 9.48 Å². The molecule has 1 amide bonds. The highest BCUT2D eigenvalue weighted by Crippen LogP contribution is 2.39. The monoisotopic (exact) mass is 340 g/mol. The lowest BCUT2D eigenvalue weighted by molar-refractivity contribution is -0.127. The molecule has 4 rings (SSSR count). The van der Waals surface area contributed by atoms with Gasteiger partial charge >= 0.3 is 0 Å². The van der Waals surface area contributed by atoms with Crippen LogP contribution in [0.25, 0.3) is 0 Å². The summed E-state index contributed by atoms with van der Waals surface area (Å²) in [5.41, 5.74) is 3.13. The number of rotatable bonds is 4. The Kier molecular flexibility index (Phi) is 3.74. The van der Waals surface area contributed by atoms with Gasteiger partial charge in [-0.15, -0.1) is 0 Å². The van der Waals surface area contributed by atoms with E-state index in [-0.39, 0.29) is 18.0 Å². The van der Waals surface area contributed by atoms with E-state index in [0.717, 1.165) is 28.6 Å². The van der Waals surface area contributed by atoms with Crippen LogP contribution in [0.1, 0.15) is 54.0 Å². The van der Waals surface area contributed by atoms with E-state index in [1.807, 2.05) is 49.8 Å². The van der Waals surface area contributed by atoms with Gasteiger partial charge in [0.1, 0.15) is 11.6 Å².